The molecule has 0 aliphatic heterocycles. The maximum absolute atomic E-state index is 11.2. The third-order valence-corrected chi connectivity index (χ3v) is 3.88. The maximum Gasteiger partial charge on any atom is 0.299 e. The smallest absolute Gasteiger partial charge is 0.299 e. The first-order chi connectivity index (χ1) is 10.0. The van der Waals surface area contributed by atoms with Gasteiger partial charge in [-0.15, -0.1) is 11.3 Å². The Bertz CT molecular complexity index is 657. The van der Waals surface area contributed by atoms with Gasteiger partial charge in [0.2, 0.25) is 0 Å². The van der Waals surface area contributed by atoms with Crippen LogP contribution < -0.4 is 4.90 Å². The van der Waals surface area contributed by atoms with Gasteiger partial charge in [0, 0.05) is 17.5 Å². The van der Waals surface area contributed by atoms with Gasteiger partial charge < -0.3 is 4.90 Å². The molecular weight excluding hydrogens is 294 g/mol. The predicted molar refractivity (Wildman–Crippen MR) is 80.8 cm³/mol. The molecule has 7 nitrogen and oxygen atoms in total. The summed E-state index contributed by atoms with van der Waals surface area (Å²) in [6.45, 7) is 2.99. The molecule has 0 saturated carbocycles. The summed E-state index contributed by atoms with van der Waals surface area (Å²) in [4.78, 5) is 23.6. The van der Waals surface area contributed by atoms with Gasteiger partial charge in [-0.3, -0.25) is 20.2 Å². The Balaban J connectivity index is 2.40. The van der Waals surface area contributed by atoms with Crippen LogP contribution in [0.5, 0.6) is 0 Å². The molecule has 0 saturated heterocycles. The lowest BCUT2D eigenvalue weighted by Gasteiger charge is -2.22. The summed E-state index contributed by atoms with van der Waals surface area (Å²) in [5, 5.41) is 23.9. The zero-order chi connectivity index (χ0) is 15.4. The largest absolute Gasteiger partial charge is 0.361 e. The minimum Gasteiger partial charge on any atom is -0.361 e. The molecule has 1 aromatic heterocycles. The number of hydrogen-bond donors (Lipinski definition) is 0. The highest BCUT2D eigenvalue weighted by atomic mass is 32.1. The molecule has 2 rings (SSSR count). The van der Waals surface area contributed by atoms with Crippen LogP contribution in [0.1, 0.15) is 11.8 Å². The number of rotatable bonds is 6. The summed E-state index contributed by atoms with van der Waals surface area (Å²) in [7, 11) is 0. The Morgan fingerprint density at radius 3 is 2.48 bits per heavy atom. The van der Waals surface area contributed by atoms with E-state index in [1.54, 1.807) is 11.3 Å². The molecule has 0 bridgehead atoms. The molecule has 2 aromatic rings. The van der Waals surface area contributed by atoms with Crippen molar-refractivity contribution in [3.63, 3.8) is 0 Å². The van der Waals surface area contributed by atoms with E-state index in [1.807, 2.05) is 29.3 Å². The number of nitro benzene ring substituents is 2. The zero-order valence-electron chi connectivity index (χ0n) is 11.3. The lowest BCUT2D eigenvalue weighted by molar-refractivity contribution is -0.393. The maximum atomic E-state index is 11.2. The molecule has 8 heteroatoms. The Morgan fingerprint density at radius 1 is 1.19 bits per heavy atom. The van der Waals surface area contributed by atoms with Gasteiger partial charge in [-0.1, -0.05) is 6.07 Å². The van der Waals surface area contributed by atoms with Crippen molar-refractivity contribution in [1.29, 1.82) is 0 Å². The fraction of sp³-hybridized carbons (Fsp3) is 0.231. The number of anilines is 1. The van der Waals surface area contributed by atoms with E-state index in [9.17, 15) is 20.2 Å². The number of nitro groups is 2. The monoisotopic (exact) mass is 307 g/mol. The van der Waals surface area contributed by atoms with Crippen LogP contribution in [0.2, 0.25) is 0 Å². The third-order valence-electron chi connectivity index (χ3n) is 3.02. The summed E-state index contributed by atoms with van der Waals surface area (Å²) in [6.07, 6.45) is 0. The molecule has 0 aliphatic carbocycles. The van der Waals surface area contributed by atoms with Gasteiger partial charge in [-0.2, -0.15) is 0 Å². The molecular formula is C13H13N3O4S. The molecule has 1 aromatic carbocycles. The van der Waals surface area contributed by atoms with Crippen molar-refractivity contribution in [2.75, 3.05) is 11.4 Å². The second kappa shape index (κ2) is 6.31. The number of benzene rings is 1. The first kappa shape index (κ1) is 14.9. The fourth-order valence-corrected chi connectivity index (χ4v) is 2.72. The molecule has 0 atom stereocenters. The van der Waals surface area contributed by atoms with Gasteiger partial charge >= 0.3 is 0 Å². The van der Waals surface area contributed by atoms with Crippen molar-refractivity contribution in [2.45, 2.75) is 13.5 Å². The fourth-order valence-electron chi connectivity index (χ4n) is 2.00. The van der Waals surface area contributed by atoms with Crippen molar-refractivity contribution < 1.29 is 9.85 Å². The Hall–Kier alpha value is -2.48. The number of thiophene rings is 1. The quantitative estimate of drug-likeness (QED) is 0.601. The van der Waals surface area contributed by atoms with Crippen LogP contribution in [-0.4, -0.2) is 16.4 Å². The number of nitrogens with zero attached hydrogens (tertiary/aromatic N) is 3. The average molecular weight is 307 g/mol. The van der Waals surface area contributed by atoms with Crippen molar-refractivity contribution in [2.24, 2.45) is 0 Å². The first-order valence-electron chi connectivity index (χ1n) is 6.23. The van der Waals surface area contributed by atoms with Crippen LogP contribution in [0.15, 0.2) is 35.7 Å². The van der Waals surface area contributed by atoms with Gasteiger partial charge in [-0.25, -0.2) is 0 Å². The van der Waals surface area contributed by atoms with Crippen molar-refractivity contribution in [3.8, 4) is 0 Å². The van der Waals surface area contributed by atoms with E-state index in [0.29, 0.717) is 18.8 Å². The second-order valence-corrected chi connectivity index (χ2v) is 5.31. The standard InChI is InChI=1S/C13H13N3O4S/c1-2-14(9-11-4-3-7-21-11)12-6-5-10(15(17)18)8-13(12)16(19)20/h3-8H,2,9H2,1H3. The Kier molecular flexibility index (Phi) is 4.49. The number of non-ortho nitro benzene ring substituents is 1. The summed E-state index contributed by atoms with van der Waals surface area (Å²) in [5.74, 6) is 0. The van der Waals surface area contributed by atoms with Crippen LogP contribution in [0.25, 0.3) is 0 Å². The van der Waals surface area contributed by atoms with Crippen LogP contribution in [-0.2, 0) is 6.54 Å². The highest BCUT2D eigenvalue weighted by Gasteiger charge is 2.23. The first-order valence-corrected chi connectivity index (χ1v) is 7.11. The second-order valence-electron chi connectivity index (χ2n) is 4.28. The molecule has 1 heterocycles. The molecule has 21 heavy (non-hydrogen) atoms. The third kappa shape index (κ3) is 3.34. The van der Waals surface area contributed by atoms with Crippen LogP contribution in [0.4, 0.5) is 17.1 Å². The topological polar surface area (TPSA) is 89.5 Å². The summed E-state index contributed by atoms with van der Waals surface area (Å²) in [5.41, 5.74) is -0.137. The highest BCUT2D eigenvalue weighted by Crippen LogP contribution is 2.33. The Labute approximate surface area is 124 Å². The van der Waals surface area contributed by atoms with E-state index in [-0.39, 0.29) is 11.4 Å². The van der Waals surface area contributed by atoms with Gasteiger partial charge in [0.25, 0.3) is 11.4 Å². The molecule has 0 N–H and O–H groups in total. The SMILES string of the molecule is CCN(Cc1cccs1)c1ccc([N+](=O)[O-])cc1[N+](=O)[O-]. The molecule has 0 fully saturated rings. The molecule has 0 radical (unpaired) electrons. The Morgan fingerprint density at radius 2 is 1.95 bits per heavy atom. The molecule has 0 aliphatic rings. The van der Waals surface area contributed by atoms with Gasteiger partial charge in [0.1, 0.15) is 5.69 Å². The highest BCUT2D eigenvalue weighted by molar-refractivity contribution is 7.09. The van der Waals surface area contributed by atoms with Gasteiger partial charge in [-0.05, 0) is 24.4 Å². The van der Waals surface area contributed by atoms with E-state index >= 15 is 0 Å². The average Bonchev–Trinajstić information content (AvgIpc) is 2.97. The van der Waals surface area contributed by atoms with E-state index in [4.69, 9.17) is 0 Å². The van der Waals surface area contributed by atoms with Crippen molar-refractivity contribution in [1.82, 2.24) is 0 Å². The lowest BCUT2D eigenvalue weighted by Crippen LogP contribution is -2.22. The summed E-state index contributed by atoms with van der Waals surface area (Å²) in [6, 6.07) is 7.60. The normalized spacial score (nSPS) is 10.3. The minimum absolute atomic E-state index is 0.248. The van der Waals surface area contributed by atoms with Crippen LogP contribution in [0.3, 0.4) is 0 Å². The van der Waals surface area contributed by atoms with Crippen molar-refractivity contribution >= 4 is 28.4 Å². The van der Waals surface area contributed by atoms with E-state index in [1.165, 1.54) is 12.1 Å². The molecule has 0 unspecified atom stereocenters. The van der Waals surface area contributed by atoms with Crippen LogP contribution in [0, 0.1) is 20.2 Å². The van der Waals surface area contributed by atoms with E-state index in [2.05, 4.69) is 0 Å². The van der Waals surface area contributed by atoms with Crippen LogP contribution >= 0.6 is 11.3 Å². The number of hydrogen-bond acceptors (Lipinski definition) is 6. The molecule has 110 valence electrons. The molecule has 0 amide bonds. The van der Waals surface area contributed by atoms with Gasteiger partial charge in [0.05, 0.1) is 22.5 Å². The summed E-state index contributed by atoms with van der Waals surface area (Å²) >= 11 is 1.56. The predicted octanol–water partition coefficient (Wildman–Crippen LogP) is 3.59. The summed E-state index contributed by atoms with van der Waals surface area (Å²) < 4.78 is 0. The molecule has 0 spiro atoms. The minimum atomic E-state index is -0.633. The van der Waals surface area contributed by atoms with Gasteiger partial charge in [0.15, 0.2) is 0 Å². The van der Waals surface area contributed by atoms with E-state index in [0.717, 1.165) is 10.9 Å². The van der Waals surface area contributed by atoms with E-state index < -0.39 is 9.85 Å². The zero-order valence-corrected chi connectivity index (χ0v) is 12.1. The van der Waals surface area contributed by atoms with Crippen molar-refractivity contribution in [3.05, 3.63) is 60.8 Å². The lowest BCUT2D eigenvalue weighted by atomic mass is 10.2.